The average Bonchev–Trinajstić information content (AvgIpc) is 2.67. The lowest BCUT2D eigenvalue weighted by Gasteiger charge is -2.17. The van der Waals surface area contributed by atoms with Crippen LogP contribution < -0.4 is 10.6 Å². The molecule has 2 rings (SSSR count). The molecule has 1 atom stereocenters. The van der Waals surface area contributed by atoms with Crippen LogP contribution in [0.4, 0.5) is 11.5 Å². The molecule has 1 aromatic rings. The van der Waals surface area contributed by atoms with Gasteiger partial charge in [-0.3, -0.25) is 0 Å². The van der Waals surface area contributed by atoms with Crippen LogP contribution in [0.5, 0.6) is 0 Å². The predicted octanol–water partition coefficient (Wildman–Crippen LogP) is 1.14. The third-order valence-corrected chi connectivity index (χ3v) is 2.78. The zero-order valence-corrected chi connectivity index (χ0v) is 9.02. The second-order valence-corrected chi connectivity index (χ2v) is 4.00. The lowest BCUT2D eigenvalue weighted by Crippen LogP contribution is -2.22. The van der Waals surface area contributed by atoms with Crippen LogP contribution in [0, 0.1) is 5.92 Å². The van der Waals surface area contributed by atoms with Crippen molar-refractivity contribution in [2.45, 2.75) is 6.42 Å². The first-order chi connectivity index (χ1) is 7.29. The SMILES string of the molecule is COCC1CCN(c2cc(N)ccn2)C1. The summed E-state index contributed by atoms with van der Waals surface area (Å²) in [7, 11) is 1.75. The fourth-order valence-electron chi connectivity index (χ4n) is 2.02. The van der Waals surface area contributed by atoms with E-state index >= 15 is 0 Å². The first-order valence-electron chi connectivity index (χ1n) is 5.25. The Morgan fingerprint density at radius 3 is 3.27 bits per heavy atom. The molecule has 1 aliphatic rings. The van der Waals surface area contributed by atoms with Crippen LogP contribution in [-0.2, 0) is 4.74 Å². The molecule has 0 saturated carbocycles. The standard InChI is InChI=1S/C11H17N3O/c1-15-8-9-3-5-14(7-9)11-6-10(12)2-4-13-11/h2,4,6,9H,3,5,7-8H2,1H3,(H2,12,13). The minimum atomic E-state index is 0.623. The van der Waals surface area contributed by atoms with Gasteiger partial charge in [0.1, 0.15) is 5.82 Å². The first kappa shape index (κ1) is 10.2. The van der Waals surface area contributed by atoms with Crippen molar-refractivity contribution in [1.82, 2.24) is 4.98 Å². The zero-order valence-electron chi connectivity index (χ0n) is 9.02. The van der Waals surface area contributed by atoms with Gasteiger partial charge in [-0.05, 0) is 12.5 Å². The number of nitrogens with two attached hydrogens (primary N) is 1. The van der Waals surface area contributed by atoms with Crippen molar-refractivity contribution in [2.24, 2.45) is 5.92 Å². The summed E-state index contributed by atoms with van der Waals surface area (Å²) in [5.41, 5.74) is 6.50. The molecule has 0 aromatic carbocycles. The molecule has 15 heavy (non-hydrogen) atoms. The molecular formula is C11H17N3O. The minimum Gasteiger partial charge on any atom is -0.399 e. The Hall–Kier alpha value is -1.29. The lowest BCUT2D eigenvalue weighted by atomic mass is 10.1. The highest BCUT2D eigenvalue weighted by atomic mass is 16.5. The van der Waals surface area contributed by atoms with E-state index in [9.17, 15) is 0 Å². The van der Waals surface area contributed by atoms with E-state index in [0.717, 1.165) is 31.2 Å². The van der Waals surface area contributed by atoms with E-state index in [2.05, 4.69) is 9.88 Å². The zero-order chi connectivity index (χ0) is 10.7. The van der Waals surface area contributed by atoms with Gasteiger partial charge in [0.15, 0.2) is 0 Å². The molecule has 4 nitrogen and oxygen atoms in total. The van der Waals surface area contributed by atoms with E-state index in [4.69, 9.17) is 10.5 Å². The van der Waals surface area contributed by atoms with Gasteiger partial charge in [-0.1, -0.05) is 0 Å². The fourth-order valence-corrected chi connectivity index (χ4v) is 2.02. The van der Waals surface area contributed by atoms with E-state index in [-0.39, 0.29) is 0 Å². The predicted molar refractivity (Wildman–Crippen MR) is 60.8 cm³/mol. The molecule has 0 amide bonds. The average molecular weight is 207 g/mol. The third-order valence-electron chi connectivity index (χ3n) is 2.78. The number of rotatable bonds is 3. The molecule has 1 saturated heterocycles. The number of nitrogens with zero attached hydrogens (tertiary/aromatic N) is 2. The van der Waals surface area contributed by atoms with Gasteiger partial charge in [-0.25, -0.2) is 4.98 Å². The summed E-state index contributed by atoms with van der Waals surface area (Å²) in [6.45, 7) is 2.90. The van der Waals surface area contributed by atoms with Gasteiger partial charge in [0.25, 0.3) is 0 Å². The molecule has 4 heteroatoms. The minimum absolute atomic E-state index is 0.623. The van der Waals surface area contributed by atoms with Gasteiger partial charge in [0.05, 0.1) is 6.61 Å². The van der Waals surface area contributed by atoms with Crippen LogP contribution in [0.2, 0.25) is 0 Å². The molecule has 0 aliphatic carbocycles. The summed E-state index contributed by atoms with van der Waals surface area (Å²) in [6, 6.07) is 3.74. The van der Waals surface area contributed by atoms with Gasteiger partial charge in [-0.15, -0.1) is 0 Å². The normalized spacial score (nSPS) is 20.9. The first-order valence-corrected chi connectivity index (χ1v) is 5.25. The quantitative estimate of drug-likeness (QED) is 0.807. The van der Waals surface area contributed by atoms with Crippen molar-refractivity contribution < 1.29 is 4.74 Å². The molecule has 0 bridgehead atoms. The number of hydrogen-bond donors (Lipinski definition) is 1. The second kappa shape index (κ2) is 4.49. The monoisotopic (exact) mass is 207 g/mol. The molecule has 82 valence electrons. The summed E-state index contributed by atoms with van der Waals surface area (Å²) >= 11 is 0. The number of aromatic nitrogens is 1. The highest BCUT2D eigenvalue weighted by Gasteiger charge is 2.23. The topological polar surface area (TPSA) is 51.4 Å². The number of anilines is 2. The Morgan fingerprint density at radius 1 is 1.67 bits per heavy atom. The van der Waals surface area contributed by atoms with E-state index in [1.807, 2.05) is 12.1 Å². The Bertz CT molecular complexity index is 329. The summed E-state index contributed by atoms with van der Waals surface area (Å²) in [5.74, 6) is 1.60. The Morgan fingerprint density at radius 2 is 2.53 bits per heavy atom. The van der Waals surface area contributed by atoms with E-state index in [1.54, 1.807) is 13.3 Å². The number of pyridine rings is 1. The van der Waals surface area contributed by atoms with Crippen LogP contribution in [0.25, 0.3) is 0 Å². The number of nitrogen functional groups attached to an aromatic ring is 1. The highest BCUT2D eigenvalue weighted by molar-refractivity contribution is 5.50. The largest absolute Gasteiger partial charge is 0.399 e. The van der Waals surface area contributed by atoms with Gasteiger partial charge in [-0.2, -0.15) is 0 Å². The van der Waals surface area contributed by atoms with Crippen LogP contribution in [0.3, 0.4) is 0 Å². The molecule has 1 unspecified atom stereocenters. The molecular weight excluding hydrogens is 190 g/mol. The number of methoxy groups -OCH3 is 1. The van der Waals surface area contributed by atoms with Crippen molar-refractivity contribution in [1.29, 1.82) is 0 Å². The summed E-state index contributed by atoms with van der Waals surface area (Å²) < 4.78 is 5.16. The Labute approximate surface area is 90.0 Å². The molecule has 2 heterocycles. The van der Waals surface area contributed by atoms with Crippen LogP contribution >= 0.6 is 0 Å². The van der Waals surface area contributed by atoms with Crippen molar-refractivity contribution in [2.75, 3.05) is 37.4 Å². The molecule has 0 radical (unpaired) electrons. The summed E-state index contributed by atoms with van der Waals surface area (Å²) in [5, 5.41) is 0. The maximum Gasteiger partial charge on any atom is 0.130 e. The van der Waals surface area contributed by atoms with E-state index < -0.39 is 0 Å². The number of ether oxygens (including phenoxy) is 1. The number of hydrogen-bond acceptors (Lipinski definition) is 4. The van der Waals surface area contributed by atoms with E-state index in [1.165, 1.54) is 6.42 Å². The van der Waals surface area contributed by atoms with Crippen LogP contribution in [0.1, 0.15) is 6.42 Å². The molecule has 1 aromatic heterocycles. The van der Waals surface area contributed by atoms with Crippen LogP contribution in [0.15, 0.2) is 18.3 Å². The van der Waals surface area contributed by atoms with E-state index in [0.29, 0.717) is 5.92 Å². The smallest absolute Gasteiger partial charge is 0.130 e. The van der Waals surface area contributed by atoms with Crippen molar-refractivity contribution in [3.8, 4) is 0 Å². The highest BCUT2D eigenvalue weighted by Crippen LogP contribution is 2.23. The maximum atomic E-state index is 5.73. The van der Waals surface area contributed by atoms with Gasteiger partial charge in [0, 0.05) is 44.1 Å². The maximum absolute atomic E-state index is 5.73. The second-order valence-electron chi connectivity index (χ2n) is 4.00. The van der Waals surface area contributed by atoms with Gasteiger partial charge >= 0.3 is 0 Å². The summed E-state index contributed by atoms with van der Waals surface area (Å²) in [6.07, 6.45) is 2.93. The summed E-state index contributed by atoms with van der Waals surface area (Å²) in [4.78, 5) is 6.59. The molecule has 2 N–H and O–H groups in total. The molecule has 1 aliphatic heterocycles. The fraction of sp³-hybridized carbons (Fsp3) is 0.545. The Balaban J connectivity index is 2.01. The van der Waals surface area contributed by atoms with Gasteiger partial charge < -0.3 is 15.4 Å². The molecule has 0 spiro atoms. The molecule has 1 fully saturated rings. The third kappa shape index (κ3) is 2.39. The van der Waals surface area contributed by atoms with Crippen molar-refractivity contribution >= 4 is 11.5 Å². The Kier molecular flexibility index (Phi) is 3.06. The van der Waals surface area contributed by atoms with Crippen LogP contribution in [-0.4, -0.2) is 31.8 Å². The van der Waals surface area contributed by atoms with Crippen molar-refractivity contribution in [3.05, 3.63) is 18.3 Å². The van der Waals surface area contributed by atoms with Crippen molar-refractivity contribution in [3.63, 3.8) is 0 Å². The lowest BCUT2D eigenvalue weighted by molar-refractivity contribution is 0.161. The van der Waals surface area contributed by atoms with Gasteiger partial charge in [0.2, 0.25) is 0 Å².